The van der Waals surface area contributed by atoms with Crippen molar-refractivity contribution in [3.05, 3.63) is 47.9 Å². The molecule has 0 saturated carbocycles. The zero-order valence-electron chi connectivity index (χ0n) is 10.6. The Kier molecular flexibility index (Phi) is 3.11. The van der Waals surface area contributed by atoms with Crippen LogP contribution in [0, 0.1) is 0 Å². The van der Waals surface area contributed by atoms with E-state index in [1.807, 2.05) is 0 Å². The number of rotatable bonds is 4. The minimum atomic E-state index is -3.80. The summed E-state index contributed by atoms with van der Waals surface area (Å²) in [4.78, 5) is 22.7. The van der Waals surface area contributed by atoms with E-state index in [1.165, 1.54) is 24.5 Å². The maximum Gasteiger partial charge on any atom is 0.296 e. The van der Waals surface area contributed by atoms with Gasteiger partial charge >= 0.3 is 0 Å². The Hall–Kier alpha value is -2.45. The third-order valence-electron chi connectivity index (χ3n) is 3.02. The standard InChI is InChI=1S/C13H10N2O5S/c16-12-10-6-9(3-4-11(10)15-13(12)17)21(18,19)14-7-8-2-1-5-20-8/h1-6,14H,7H2,(H,15,16,17). The van der Waals surface area contributed by atoms with E-state index < -0.39 is 21.7 Å². The van der Waals surface area contributed by atoms with E-state index in [0.717, 1.165) is 0 Å². The fraction of sp³-hybridized carbons (Fsp3) is 0.0769. The Labute approximate surface area is 120 Å². The summed E-state index contributed by atoms with van der Waals surface area (Å²) in [6, 6.07) is 7.17. The number of Topliss-reactive ketones (excluding diaryl/α,β-unsaturated/α-hetero) is 1. The van der Waals surface area contributed by atoms with Crippen molar-refractivity contribution >= 4 is 27.4 Å². The number of amides is 1. The fourth-order valence-electron chi connectivity index (χ4n) is 1.95. The number of sulfonamides is 1. The van der Waals surface area contributed by atoms with Crippen LogP contribution in [0.2, 0.25) is 0 Å². The molecule has 2 N–H and O–H groups in total. The predicted octanol–water partition coefficient (Wildman–Crippen LogP) is 0.893. The van der Waals surface area contributed by atoms with E-state index in [0.29, 0.717) is 11.4 Å². The van der Waals surface area contributed by atoms with Gasteiger partial charge in [-0.1, -0.05) is 0 Å². The van der Waals surface area contributed by atoms with Gasteiger partial charge in [-0.2, -0.15) is 0 Å². The van der Waals surface area contributed by atoms with Crippen LogP contribution in [0.25, 0.3) is 0 Å². The van der Waals surface area contributed by atoms with Gasteiger partial charge in [-0.15, -0.1) is 0 Å². The summed E-state index contributed by atoms with van der Waals surface area (Å²) in [5.41, 5.74) is 0.371. The summed E-state index contributed by atoms with van der Waals surface area (Å²) in [7, 11) is -3.80. The van der Waals surface area contributed by atoms with Crippen LogP contribution in [-0.4, -0.2) is 20.1 Å². The summed E-state index contributed by atoms with van der Waals surface area (Å²) in [6.45, 7) is -0.00244. The number of carbonyl (C=O) groups excluding carboxylic acids is 2. The van der Waals surface area contributed by atoms with E-state index in [-0.39, 0.29) is 17.0 Å². The average Bonchev–Trinajstić information content (AvgIpc) is 3.06. The second kappa shape index (κ2) is 4.83. The van der Waals surface area contributed by atoms with Gasteiger partial charge in [-0.05, 0) is 30.3 Å². The van der Waals surface area contributed by atoms with E-state index in [1.54, 1.807) is 12.1 Å². The molecule has 0 spiro atoms. The lowest BCUT2D eigenvalue weighted by Gasteiger charge is -2.06. The quantitative estimate of drug-likeness (QED) is 0.816. The monoisotopic (exact) mass is 306 g/mol. The molecule has 1 aromatic carbocycles. The van der Waals surface area contributed by atoms with Crippen LogP contribution >= 0.6 is 0 Å². The van der Waals surface area contributed by atoms with Crippen LogP contribution in [0.3, 0.4) is 0 Å². The van der Waals surface area contributed by atoms with Crippen molar-refractivity contribution in [1.82, 2.24) is 4.72 Å². The van der Waals surface area contributed by atoms with Gasteiger partial charge in [0.1, 0.15) is 5.76 Å². The largest absolute Gasteiger partial charge is 0.468 e. The maximum atomic E-state index is 12.1. The molecular weight excluding hydrogens is 296 g/mol. The molecule has 108 valence electrons. The molecular formula is C13H10N2O5S. The summed E-state index contributed by atoms with van der Waals surface area (Å²) >= 11 is 0. The molecule has 3 rings (SSSR count). The molecule has 0 bridgehead atoms. The zero-order valence-corrected chi connectivity index (χ0v) is 11.4. The molecule has 1 aromatic heterocycles. The van der Waals surface area contributed by atoms with Crippen molar-refractivity contribution in [3.8, 4) is 0 Å². The molecule has 7 nitrogen and oxygen atoms in total. The van der Waals surface area contributed by atoms with Crippen LogP contribution in [-0.2, 0) is 21.4 Å². The topological polar surface area (TPSA) is 105 Å². The molecule has 1 aliphatic heterocycles. The van der Waals surface area contributed by atoms with Crippen LogP contribution in [0.5, 0.6) is 0 Å². The Balaban J connectivity index is 1.87. The molecule has 0 atom stereocenters. The van der Waals surface area contributed by atoms with E-state index >= 15 is 0 Å². The average molecular weight is 306 g/mol. The Morgan fingerprint density at radius 2 is 2.00 bits per heavy atom. The number of ketones is 1. The van der Waals surface area contributed by atoms with Crippen LogP contribution in [0.1, 0.15) is 16.1 Å². The number of furan rings is 1. The number of nitrogens with one attached hydrogen (secondary N) is 2. The van der Waals surface area contributed by atoms with Gasteiger partial charge < -0.3 is 9.73 Å². The maximum absolute atomic E-state index is 12.1. The smallest absolute Gasteiger partial charge is 0.296 e. The highest BCUT2D eigenvalue weighted by Crippen LogP contribution is 2.25. The highest BCUT2D eigenvalue weighted by atomic mass is 32.2. The van der Waals surface area contributed by atoms with Gasteiger partial charge in [-0.3, -0.25) is 9.59 Å². The van der Waals surface area contributed by atoms with Crippen LogP contribution < -0.4 is 10.0 Å². The lowest BCUT2D eigenvalue weighted by atomic mass is 10.1. The second-order valence-electron chi connectivity index (χ2n) is 4.39. The number of anilines is 1. The van der Waals surface area contributed by atoms with Crippen molar-refractivity contribution in [3.63, 3.8) is 0 Å². The minimum Gasteiger partial charge on any atom is -0.468 e. The third kappa shape index (κ3) is 2.46. The van der Waals surface area contributed by atoms with E-state index in [4.69, 9.17) is 4.42 Å². The van der Waals surface area contributed by atoms with Crippen molar-refractivity contribution in [2.24, 2.45) is 0 Å². The highest BCUT2D eigenvalue weighted by Gasteiger charge is 2.29. The van der Waals surface area contributed by atoms with Crippen molar-refractivity contribution < 1.29 is 22.4 Å². The lowest BCUT2D eigenvalue weighted by molar-refractivity contribution is -0.112. The summed E-state index contributed by atoms with van der Waals surface area (Å²) in [5, 5.41) is 2.36. The third-order valence-corrected chi connectivity index (χ3v) is 4.42. The zero-order chi connectivity index (χ0) is 15.0. The first-order valence-corrected chi connectivity index (χ1v) is 7.47. The first-order valence-electron chi connectivity index (χ1n) is 5.99. The summed E-state index contributed by atoms with van der Waals surface area (Å²) in [6.07, 6.45) is 1.44. The molecule has 2 heterocycles. The Bertz CT molecular complexity index is 824. The molecule has 2 aromatic rings. The molecule has 0 saturated heterocycles. The van der Waals surface area contributed by atoms with Gasteiger partial charge in [0.25, 0.3) is 11.7 Å². The number of hydrogen-bond donors (Lipinski definition) is 2. The second-order valence-corrected chi connectivity index (χ2v) is 6.16. The fourth-order valence-corrected chi connectivity index (χ4v) is 2.97. The summed E-state index contributed by atoms with van der Waals surface area (Å²) < 4.78 is 31.7. The molecule has 0 unspecified atom stereocenters. The Morgan fingerprint density at radius 3 is 2.71 bits per heavy atom. The van der Waals surface area contributed by atoms with Crippen molar-refractivity contribution in [2.75, 3.05) is 5.32 Å². The molecule has 1 amide bonds. The highest BCUT2D eigenvalue weighted by molar-refractivity contribution is 7.89. The van der Waals surface area contributed by atoms with Crippen molar-refractivity contribution in [2.45, 2.75) is 11.4 Å². The van der Waals surface area contributed by atoms with Crippen LogP contribution in [0.4, 0.5) is 5.69 Å². The van der Waals surface area contributed by atoms with Crippen LogP contribution in [0.15, 0.2) is 45.9 Å². The lowest BCUT2D eigenvalue weighted by Crippen LogP contribution is -2.23. The number of hydrogen-bond acceptors (Lipinski definition) is 5. The molecule has 8 heteroatoms. The minimum absolute atomic E-state index is 0.00244. The number of benzene rings is 1. The van der Waals surface area contributed by atoms with Gasteiger partial charge in [0.05, 0.1) is 29.0 Å². The molecule has 0 fully saturated rings. The first-order chi connectivity index (χ1) is 9.97. The number of fused-ring (bicyclic) bond motifs is 1. The van der Waals surface area contributed by atoms with E-state index in [2.05, 4.69) is 10.0 Å². The SMILES string of the molecule is O=C1Nc2ccc(S(=O)(=O)NCc3ccco3)cc2C1=O. The van der Waals surface area contributed by atoms with Gasteiger partial charge in [0.2, 0.25) is 10.0 Å². The number of carbonyl (C=O) groups is 2. The molecule has 21 heavy (non-hydrogen) atoms. The normalized spacial score (nSPS) is 14.1. The molecule has 0 radical (unpaired) electrons. The van der Waals surface area contributed by atoms with E-state index in [9.17, 15) is 18.0 Å². The predicted molar refractivity (Wildman–Crippen MR) is 72.1 cm³/mol. The van der Waals surface area contributed by atoms with Gasteiger partial charge in [-0.25, -0.2) is 13.1 Å². The van der Waals surface area contributed by atoms with Crippen molar-refractivity contribution in [1.29, 1.82) is 0 Å². The molecule has 0 aliphatic carbocycles. The van der Waals surface area contributed by atoms with Gasteiger partial charge in [0.15, 0.2) is 0 Å². The molecule has 1 aliphatic rings. The summed E-state index contributed by atoms with van der Waals surface area (Å²) in [5.74, 6) is -1.04. The van der Waals surface area contributed by atoms with Gasteiger partial charge in [0, 0.05) is 0 Å². The first kappa shape index (κ1) is 13.5. The Morgan fingerprint density at radius 1 is 1.19 bits per heavy atom.